The third-order valence-electron chi connectivity index (χ3n) is 1.72. The maximum Gasteiger partial charge on any atom is 0.311 e. The second kappa shape index (κ2) is 3.47. The Balaban J connectivity index is 3.28. The Kier molecular flexibility index (Phi) is 2.72. The van der Waals surface area contributed by atoms with E-state index in [1.165, 1.54) is 10.7 Å². The van der Waals surface area contributed by atoms with Crippen LogP contribution in [-0.2, 0) is 23.1 Å². The first-order valence-electron chi connectivity index (χ1n) is 4.03. The standard InChI is InChI=1S/C7H12N2O3S/c1-3-6-5-7(13(10,11)12)9(4-2)8-6/h5H,3-4H2,1-2H3,(H,10,11,12). The number of aromatic nitrogens is 2. The van der Waals surface area contributed by atoms with Gasteiger partial charge in [0.05, 0.1) is 5.69 Å². The van der Waals surface area contributed by atoms with Crippen LogP contribution in [0.25, 0.3) is 0 Å². The van der Waals surface area contributed by atoms with E-state index >= 15 is 0 Å². The number of nitrogens with zero attached hydrogens (tertiary/aromatic N) is 2. The molecule has 0 aromatic carbocycles. The monoisotopic (exact) mass is 204 g/mol. The Bertz CT molecular complexity index is 394. The lowest BCUT2D eigenvalue weighted by molar-refractivity contribution is 0.463. The largest absolute Gasteiger partial charge is 0.311 e. The van der Waals surface area contributed by atoms with Crippen LogP contribution in [0, 0.1) is 0 Å². The Labute approximate surface area is 77.1 Å². The molecule has 1 rings (SSSR count). The summed E-state index contributed by atoms with van der Waals surface area (Å²) in [6.07, 6.45) is 0.648. The highest BCUT2D eigenvalue weighted by Gasteiger charge is 2.17. The van der Waals surface area contributed by atoms with Gasteiger partial charge in [-0.25, -0.2) is 0 Å². The van der Waals surface area contributed by atoms with Gasteiger partial charge in [-0.15, -0.1) is 0 Å². The molecule has 0 radical (unpaired) electrons. The fourth-order valence-electron chi connectivity index (χ4n) is 1.06. The predicted octanol–water partition coefficient (Wildman–Crippen LogP) is 0.712. The van der Waals surface area contributed by atoms with Gasteiger partial charge in [-0.05, 0) is 13.3 Å². The topological polar surface area (TPSA) is 72.2 Å². The normalized spacial score (nSPS) is 11.9. The number of hydrogen-bond donors (Lipinski definition) is 1. The summed E-state index contributed by atoms with van der Waals surface area (Å²) in [7, 11) is -4.13. The van der Waals surface area contributed by atoms with Gasteiger partial charge in [-0.1, -0.05) is 6.92 Å². The SMILES string of the molecule is CCc1cc(S(=O)(=O)O)n(CC)n1. The van der Waals surface area contributed by atoms with Crippen LogP contribution >= 0.6 is 0 Å². The summed E-state index contributed by atoms with van der Waals surface area (Å²) < 4.78 is 31.8. The minimum absolute atomic E-state index is 0.133. The third kappa shape index (κ3) is 2.07. The Hall–Kier alpha value is -0.880. The summed E-state index contributed by atoms with van der Waals surface area (Å²) in [6, 6.07) is 1.39. The van der Waals surface area contributed by atoms with E-state index in [1.807, 2.05) is 6.92 Å². The first kappa shape index (κ1) is 10.2. The summed E-state index contributed by atoms with van der Waals surface area (Å²) in [5.41, 5.74) is 0.662. The molecule has 1 aromatic rings. The zero-order chi connectivity index (χ0) is 10.1. The molecule has 0 saturated carbocycles. The van der Waals surface area contributed by atoms with Crippen molar-refractivity contribution < 1.29 is 13.0 Å². The second-order valence-electron chi connectivity index (χ2n) is 2.62. The first-order valence-corrected chi connectivity index (χ1v) is 5.47. The van der Waals surface area contributed by atoms with E-state index in [0.29, 0.717) is 18.7 Å². The molecule has 0 saturated heterocycles. The van der Waals surface area contributed by atoms with Crippen molar-refractivity contribution in [2.45, 2.75) is 31.8 Å². The highest BCUT2D eigenvalue weighted by molar-refractivity contribution is 7.85. The van der Waals surface area contributed by atoms with Crippen molar-refractivity contribution in [2.75, 3.05) is 0 Å². The first-order chi connectivity index (χ1) is 5.99. The van der Waals surface area contributed by atoms with E-state index < -0.39 is 10.1 Å². The molecule has 0 atom stereocenters. The van der Waals surface area contributed by atoms with Gasteiger partial charge in [0.1, 0.15) is 0 Å². The van der Waals surface area contributed by atoms with E-state index in [-0.39, 0.29) is 5.03 Å². The lowest BCUT2D eigenvalue weighted by Crippen LogP contribution is -2.08. The molecule has 0 spiro atoms. The summed E-state index contributed by atoms with van der Waals surface area (Å²) in [4.78, 5) is 0. The average Bonchev–Trinajstić information content (AvgIpc) is 2.46. The number of rotatable bonds is 3. The van der Waals surface area contributed by atoms with Crippen molar-refractivity contribution in [3.05, 3.63) is 11.8 Å². The van der Waals surface area contributed by atoms with Crippen LogP contribution in [0.1, 0.15) is 19.5 Å². The molecular weight excluding hydrogens is 192 g/mol. The van der Waals surface area contributed by atoms with Gasteiger partial charge in [0.2, 0.25) is 0 Å². The fraction of sp³-hybridized carbons (Fsp3) is 0.571. The molecule has 0 fully saturated rings. The molecule has 0 amide bonds. The molecule has 5 nitrogen and oxygen atoms in total. The molecule has 0 aliphatic carbocycles. The lowest BCUT2D eigenvalue weighted by Gasteiger charge is -1.99. The van der Waals surface area contributed by atoms with Crippen molar-refractivity contribution in [3.63, 3.8) is 0 Å². The van der Waals surface area contributed by atoms with Crippen LogP contribution in [0.2, 0.25) is 0 Å². The van der Waals surface area contributed by atoms with Gasteiger partial charge in [0, 0.05) is 12.6 Å². The van der Waals surface area contributed by atoms with Crippen LogP contribution in [0.15, 0.2) is 11.1 Å². The minimum atomic E-state index is -4.13. The maximum absolute atomic E-state index is 10.8. The van der Waals surface area contributed by atoms with E-state index in [2.05, 4.69) is 5.10 Å². The molecule has 1 aromatic heterocycles. The molecule has 0 aliphatic rings. The van der Waals surface area contributed by atoms with Gasteiger partial charge in [0.25, 0.3) is 0 Å². The molecule has 6 heteroatoms. The van der Waals surface area contributed by atoms with E-state index in [4.69, 9.17) is 4.55 Å². The van der Waals surface area contributed by atoms with Crippen LogP contribution in [0.3, 0.4) is 0 Å². The lowest BCUT2D eigenvalue weighted by atomic mass is 10.3. The maximum atomic E-state index is 10.8. The van der Waals surface area contributed by atoms with Gasteiger partial charge < -0.3 is 0 Å². The summed E-state index contributed by atoms with van der Waals surface area (Å²) in [5.74, 6) is 0. The molecular formula is C7H12N2O3S. The van der Waals surface area contributed by atoms with E-state index in [9.17, 15) is 8.42 Å². The van der Waals surface area contributed by atoms with E-state index in [0.717, 1.165) is 0 Å². The molecule has 74 valence electrons. The molecule has 1 N–H and O–H groups in total. The average molecular weight is 204 g/mol. The Morgan fingerprint density at radius 3 is 2.46 bits per heavy atom. The fourth-order valence-corrected chi connectivity index (χ4v) is 1.78. The van der Waals surface area contributed by atoms with Crippen LogP contribution in [0.4, 0.5) is 0 Å². The van der Waals surface area contributed by atoms with Gasteiger partial charge in [-0.2, -0.15) is 13.5 Å². The predicted molar refractivity (Wildman–Crippen MR) is 47.1 cm³/mol. The molecule has 1 heterocycles. The Morgan fingerprint density at radius 2 is 2.15 bits per heavy atom. The zero-order valence-corrected chi connectivity index (χ0v) is 8.37. The molecule has 0 bridgehead atoms. The van der Waals surface area contributed by atoms with Crippen LogP contribution < -0.4 is 0 Å². The van der Waals surface area contributed by atoms with Crippen LogP contribution in [0.5, 0.6) is 0 Å². The van der Waals surface area contributed by atoms with Crippen molar-refractivity contribution in [2.24, 2.45) is 0 Å². The van der Waals surface area contributed by atoms with Gasteiger partial charge >= 0.3 is 10.1 Å². The number of aryl methyl sites for hydroxylation is 2. The number of hydrogen-bond acceptors (Lipinski definition) is 3. The van der Waals surface area contributed by atoms with Crippen molar-refractivity contribution >= 4 is 10.1 Å². The minimum Gasteiger partial charge on any atom is -0.281 e. The van der Waals surface area contributed by atoms with Crippen molar-refractivity contribution in [1.82, 2.24) is 9.78 Å². The highest BCUT2D eigenvalue weighted by atomic mass is 32.2. The van der Waals surface area contributed by atoms with Gasteiger partial charge in [-0.3, -0.25) is 9.23 Å². The third-order valence-corrected chi connectivity index (χ3v) is 2.58. The van der Waals surface area contributed by atoms with E-state index in [1.54, 1.807) is 6.92 Å². The van der Waals surface area contributed by atoms with Gasteiger partial charge in [0.15, 0.2) is 5.03 Å². The quantitative estimate of drug-likeness (QED) is 0.736. The van der Waals surface area contributed by atoms with Crippen molar-refractivity contribution in [3.8, 4) is 0 Å². The molecule has 13 heavy (non-hydrogen) atoms. The summed E-state index contributed by atoms with van der Waals surface area (Å²) in [5, 5.41) is 3.86. The molecule has 0 unspecified atom stereocenters. The highest BCUT2D eigenvalue weighted by Crippen LogP contribution is 2.11. The summed E-state index contributed by atoms with van der Waals surface area (Å²) in [6.45, 7) is 4.06. The summed E-state index contributed by atoms with van der Waals surface area (Å²) >= 11 is 0. The smallest absolute Gasteiger partial charge is 0.281 e. The van der Waals surface area contributed by atoms with Crippen molar-refractivity contribution in [1.29, 1.82) is 0 Å². The zero-order valence-electron chi connectivity index (χ0n) is 7.56. The Morgan fingerprint density at radius 1 is 1.54 bits per heavy atom. The van der Waals surface area contributed by atoms with Crippen LogP contribution in [-0.4, -0.2) is 22.8 Å². The second-order valence-corrected chi connectivity index (χ2v) is 3.99. The molecule has 0 aliphatic heterocycles.